The van der Waals surface area contributed by atoms with Crippen molar-refractivity contribution in [3.05, 3.63) is 60.2 Å². The molecule has 2 atom stereocenters. The molecule has 1 fully saturated rings. The van der Waals surface area contributed by atoms with Gasteiger partial charge in [0.25, 0.3) is 0 Å². The van der Waals surface area contributed by atoms with Crippen molar-refractivity contribution >= 4 is 33.8 Å². The molecule has 0 radical (unpaired) electrons. The summed E-state index contributed by atoms with van der Waals surface area (Å²) >= 11 is 0. The number of rotatable bonds is 4. The Labute approximate surface area is 191 Å². The topological polar surface area (TPSA) is 69.7 Å². The van der Waals surface area contributed by atoms with Crippen molar-refractivity contribution in [2.75, 3.05) is 31.1 Å². The van der Waals surface area contributed by atoms with Crippen LogP contribution in [0.3, 0.4) is 0 Å². The predicted octanol–water partition coefficient (Wildman–Crippen LogP) is 2.83. The minimum atomic E-state index is -3.79. The van der Waals surface area contributed by atoms with Crippen molar-refractivity contribution in [3.63, 3.8) is 0 Å². The first kappa shape index (κ1) is 23.7. The second kappa shape index (κ2) is 8.90. The van der Waals surface area contributed by atoms with Crippen molar-refractivity contribution in [2.45, 2.75) is 42.5 Å². The molecule has 0 bridgehead atoms. The molecule has 1 amide bonds. The number of piperazine rings is 1. The molecule has 0 spiro atoms. The van der Waals surface area contributed by atoms with Gasteiger partial charge in [-0.1, -0.05) is 50.2 Å². The van der Waals surface area contributed by atoms with Crippen LogP contribution in [0.1, 0.15) is 26.3 Å². The molecule has 1 saturated heterocycles. The number of nitrogens with zero attached hydrogens (tertiary/aromatic N) is 2. The molecule has 1 N–H and O–H groups in total. The number of carbonyl (C=O) groups is 1. The highest BCUT2D eigenvalue weighted by atomic mass is 35.5. The number of anilines is 1. The zero-order valence-electron chi connectivity index (χ0n) is 18.1. The van der Waals surface area contributed by atoms with Crippen LogP contribution in [0.25, 0.3) is 0 Å². The molecule has 2 heterocycles. The number of sulfone groups is 1. The largest absolute Gasteiger partial charge is 0.312 e. The average Bonchev–Trinajstić information content (AvgIpc) is 2.97. The van der Waals surface area contributed by atoms with Gasteiger partial charge in [-0.05, 0) is 30.7 Å². The quantitative estimate of drug-likeness (QED) is 0.755. The van der Waals surface area contributed by atoms with Gasteiger partial charge in [-0.2, -0.15) is 0 Å². The third-order valence-corrected chi connectivity index (χ3v) is 8.47. The molecular formula is C23H30ClN3O3S. The summed E-state index contributed by atoms with van der Waals surface area (Å²) in [7, 11) is -3.79. The highest BCUT2D eigenvalue weighted by Crippen LogP contribution is 2.48. The number of hydrogen-bond acceptors (Lipinski definition) is 5. The number of hydrogen-bond donors (Lipinski definition) is 1. The molecule has 0 aromatic heterocycles. The van der Waals surface area contributed by atoms with E-state index in [0.29, 0.717) is 11.7 Å². The summed E-state index contributed by atoms with van der Waals surface area (Å²) in [6.07, 6.45) is 0. The normalized spacial score (nSPS) is 23.1. The minimum absolute atomic E-state index is 0. The third kappa shape index (κ3) is 4.24. The number of halogens is 1. The maximum absolute atomic E-state index is 13.8. The van der Waals surface area contributed by atoms with E-state index in [-0.39, 0.29) is 29.8 Å². The van der Waals surface area contributed by atoms with Gasteiger partial charge in [-0.25, -0.2) is 8.42 Å². The van der Waals surface area contributed by atoms with Crippen LogP contribution < -0.4 is 10.2 Å². The first-order valence-corrected chi connectivity index (χ1v) is 11.9. The highest BCUT2D eigenvalue weighted by molar-refractivity contribution is 7.92. The molecule has 2 unspecified atom stereocenters. The Morgan fingerprint density at radius 1 is 1.10 bits per heavy atom. The van der Waals surface area contributed by atoms with E-state index in [0.717, 1.165) is 25.2 Å². The van der Waals surface area contributed by atoms with Gasteiger partial charge < -0.3 is 5.32 Å². The van der Waals surface area contributed by atoms with Gasteiger partial charge in [0.1, 0.15) is 0 Å². The number of para-hydroxylation sites is 1. The number of fused-ring (bicyclic) bond motifs is 1. The maximum atomic E-state index is 13.8. The summed E-state index contributed by atoms with van der Waals surface area (Å²) in [5.41, 5.74) is 0.842. The SMILES string of the molecule is CC1CN(CC(=O)N2c3ccccc3C(C)(C)C2S(=O)(=O)c2ccccc2)CCN1.Cl. The summed E-state index contributed by atoms with van der Waals surface area (Å²) in [4.78, 5) is 17.4. The lowest BCUT2D eigenvalue weighted by atomic mass is 9.87. The van der Waals surface area contributed by atoms with Crippen LogP contribution in [-0.4, -0.2) is 56.8 Å². The number of benzene rings is 2. The molecule has 2 aromatic rings. The van der Waals surface area contributed by atoms with Crippen molar-refractivity contribution in [1.82, 2.24) is 10.2 Å². The monoisotopic (exact) mass is 463 g/mol. The summed E-state index contributed by atoms with van der Waals surface area (Å²) < 4.78 is 27.5. The Balaban J connectivity index is 0.00000272. The second-order valence-electron chi connectivity index (χ2n) is 8.80. The van der Waals surface area contributed by atoms with Crippen LogP contribution in [0.2, 0.25) is 0 Å². The van der Waals surface area contributed by atoms with E-state index < -0.39 is 20.6 Å². The van der Waals surface area contributed by atoms with Gasteiger partial charge in [0, 0.05) is 36.8 Å². The van der Waals surface area contributed by atoms with Gasteiger partial charge in [-0.15, -0.1) is 12.4 Å². The lowest BCUT2D eigenvalue weighted by Crippen LogP contribution is -2.55. The van der Waals surface area contributed by atoms with Gasteiger partial charge in [0.05, 0.1) is 11.4 Å². The summed E-state index contributed by atoms with van der Waals surface area (Å²) in [5, 5.41) is 2.39. The van der Waals surface area contributed by atoms with Crippen molar-refractivity contribution < 1.29 is 13.2 Å². The Bertz CT molecular complexity index is 1040. The minimum Gasteiger partial charge on any atom is -0.312 e. The average molecular weight is 464 g/mol. The van der Waals surface area contributed by atoms with Gasteiger partial charge in [-0.3, -0.25) is 14.6 Å². The van der Waals surface area contributed by atoms with Crippen LogP contribution in [0.15, 0.2) is 59.5 Å². The van der Waals surface area contributed by atoms with Crippen molar-refractivity contribution in [2.24, 2.45) is 0 Å². The van der Waals surface area contributed by atoms with E-state index in [9.17, 15) is 13.2 Å². The molecule has 4 rings (SSSR count). The van der Waals surface area contributed by atoms with Gasteiger partial charge >= 0.3 is 0 Å². The van der Waals surface area contributed by atoms with Gasteiger partial charge in [0.2, 0.25) is 15.7 Å². The molecule has 6 nitrogen and oxygen atoms in total. The number of carbonyl (C=O) groups excluding carboxylic acids is 1. The fourth-order valence-corrected chi connectivity index (χ4v) is 6.97. The molecule has 0 saturated carbocycles. The zero-order chi connectivity index (χ0) is 21.5. The lowest BCUT2D eigenvalue weighted by Gasteiger charge is -2.36. The predicted molar refractivity (Wildman–Crippen MR) is 126 cm³/mol. The lowest BCUT2D eigenvalue weighted by molar-refractivity contribution is -0.120. The fraction of sp³-hybridized carbons (Fsp3) is 0.435. The first-order valence-electron chi connectivity index (χ1n) is 10.4. The van der Waals surface area contributed by atoms with Crippen molar-refractivity contribution in [1.29, 1.82) is 0 Å². The summed E-state index contributed by atoms with van der Waals surface area (Å²) in [5.74, 6) is -0.174. The number of amides is 1. The summed E-state index contributed by atoms with van der Waals surface area (Å²) in [6.45, 7) is 8.48. The summed E-state index contributed by atoms with van der Waals surface area (Å²) in [6, 6.07) is 16.3. The smallest absolute Gasteiger partial charge is 0.242 e. The van der Waals surface area contributed by atoms with E-state index >= 15 is 0 Å². The van der Waals surface area contributed by atoms with E-state index in [2.05, 4.69) is 17.1 Å². The van der Waals surface area contributed by atoms with E-state index in [1.54, 1.807) is 30.3 Å². The van der Waals surface area contributed by atoms with E-state index in [4.69, 9.17) is 0 Å². The standard InChI is InChI=1S/C23H29N3O3S.ClH/c1-17-15-25(14-13-24-17)16-21(27)26-20-12-8-7-11-19(20)23(2,3)22(26)30(28,29)18-9-5-4-6-10-18;/h4-12,17,22,24H,13-16H2,1-3H3;1H. The van der Waals surface area contributed by atoms with Gasteiger partial charge in [0.15, 0.2) is 5.37 Å². The maximum Gasteiger partial charge on any atom is 0.242 e. The third-order valence-electron chi connectivity index (χ3n) is 6.16. The molecule has 2 aliphatic rings. The van der Waals surface area contributed by atoms with E-state index in [1.165, 1.54) is 4.90 Å². The Kier molecular flexibility index (Phi) is 6.81. The second-order valence-corrected chi connectivity index (χ2v) is 10.8. The Morgan fingerprint density at radius 3 is 2.42 bits per heavy atom. The van der Waals surface area contributed by atoms with Crippen LogP contribution in [0.4, 0.5) is 5.69 Å². The zero-order valence-corrected chi connectivity index (χ0v) is 19.7. The first-order chi connectivity index (χ1) is 14.2. The van der Waals surface area contributed by atoms with Crippen LogP contribution in [0, 0.1) is 0 Å². The number of nitrogens with one attached hydrogen (secondary N) is 1. The molecule has 8 heteroatoms. The Morgan fingerprint density at radius 2 is 1.74 bits per heavy atom. The molecule has 168 valence electrons. The Hall–Kier alpha value is -1.93. The van der Waals surface area contributed by atoms with Crippen molar-refractivity contribution in [3.8, 4) is 0 Å². The molecule has 2 aliphatic heterocycles. The van der Waals surface area contributed by atoms with Crippen LogP contribution in [-0.2, 0) is 20.0 Å². The molecule has 0 aliphatic carbocycles. The van der Waals surface area contributed by atoms with Crippen LogP contribution >= 0.6 is 12.4 Å². The highest BCUT2D eigenvalue weighted by Gasteiger charge is 2.54. The van der Waals surface area contributed by atoms with Crippen LogP contribution in [0.5, 0.6) is 0 Å². The molecule has 2 aromatic carbocycles. The fourth-order valence-electron chi connectivity index (χ4n) is 4.76. The molecular weight excluding hydrogens is 434 g/mol. The molecule has 31 heavy (non-hydrogen) atoms. The van der Waals surface area contributed by atoms with E-state index in [1.807, 2.05) is 38.1 Å².